The van der Waals surface area contributed by atoms with Crippen molar-refractivity contribution in [3.63, 3.8) is 0 Å². The van der Waals surface area contributed by atoms with Gasteiger partial charge in [-0.15, -0.1) is 0 Å². The third-order valence-electron chi connectivity index (χ3n) is 8.90. The number of likely N-dealkylation sites (tertiary alicyclic amines) is 1. The highest BCUT2D eigenvalue weighted by Gasteiger charge is 2.64. The molecule has 11 nitrogen and oxygen atoms in total. The second-order valence-electron chi connectivity index (χ2n) is 11.9. The zero-order chi connectivity index (χ0) is 30.0. The average molecular weight is 645 g/mol. The van der Waals surface area contributed by atoms with E-state index >= 15 is 0 Å². The number of Topliss-reactive ketones (excluding diaryl/α,β-unsaturated/α-hetero) is 1. The molecule has 220 valence electrons. The first-order valence-electron chi connectivity index (χ1n) is 14.3. The van der Waals surface area contributed by atoms with E-state index in [4.69, 9.17) is 4.74 Å². The maximum absolute atomic E-state index is 14.1. The molecule has 12 heteroatoms. The standard InChI is InChI=1S/C31H30BrN7O4/c1-16(40)28-21-9-20(18-12-33-17(2)34-13-18)19-7-8-43-15-22(19)29(21)38(37-28)14-27(41)39-23(10-31(3)11-24(31)39)30(42)36-26-6-4-5-25(32)35-26/h4-6,9,12-13,23-24H,7-8,10-11,14-15H2,1-3H3,(H,35,36,42)/t23-,24+,31-/m0/s1. The van der Waals surface area contributed by atoms with Crippen LogP contribution < -0.4 is 5.32 Å². The predicted octanol–water partition coefficient (Wildman–Crippen LogP) is 4.25. The monoisotopic (exact) mass is 643 g/mol. The summed E-state index contributed by atoms with van der Waals surface area (Å²) in [6.45, 7) is 6.21. The van der Waals surface area contributed by atoms with Crippen molar-refractivity contribution in [3.8, 4) is 11.1 Å². The predicted molar refractivity (Wildman–Crippen MR) is 161 cm³/mol. The van der Waals surface area contributed by atoms with Crippen molar-refractivity contribution in [1.82, 2.24) is 29.6 Å². The summed E-state index contributed by atoms with van der Waals surface area (Å²) in [5.74, 6) is 0.413. The number of ketones is 1. The molecule has 1 aromatic carbocycles. The number of carbonyl (C=O) groups is 3. The number of ether oxygens (including phenoxy) is 1. The maximum Gasteiger partial charge on any atom is 0.248 e. The Morgan fingerprint density at radius 3 is 2.70 bits per heavy atom. The number of hydrogen-bond acceptors (Lipinski definition) is 8. The van der Waals surface area contributed by atoms with Crippen LogP contribution in [-0.2, 0) is 33.9 Å². The van der Waals surface area contributed by atoms with Crippen LogP contribution in [0.4, 0.5) is 5.82 Å². The Labute approximate surface area is 256 Å². The van der Waals surface area contributed by atoms with Crippen molar-refractivity contribution in [2.24, 2.45) is 5.41 Å². The summed E-state index contributed by atoms with van der Waals surface area (Å²) in [5.41, 5.74) is 4.66. The number of amides is 2. The van der Waals surface area contributed by atoms with Crippen LogP contribution in [0.1, 0.15) is 54.1 Å². The van der Waals surface area contributed by atoms with E-state index in [1.165, 1.54) is 6.92 Å². The van der Waals surface area contributed by atoms with Gasteiger partial charge in [0.25, 0.3) is 0 Å². The quantitative estimate of drug-likeness (QED) is 0.244. The highest BCUT2D eigenvalue weighted by molar-refractivity contribution is 9.10. The summed E-state index contributed by atoms with van der Waals surface area (Å²) in [6.07, 6.45) is 5.67. The molecule has 0 bridgehead atoms. The van der Waals surface area contributed by atoms with Crippen LogP contribution in [0, 0.1) is 12.3 Å². The molecular weight excluding hydrogens is 614 g/mol. The van der Waals surface area contributed by atoms with Crippen molar-refractivity contribution in [2.75, 3.05) is 11.9 Å². The average Bonchev–Trinajstić information content (AvgIpc) is 3.34. The van der Waals surface area contributed by atoms with Gasteiger partial charge in [0.2, 0.25) is 11.8 Å². The van der Waals surface area contributed by atoms with Crippen molar-refractivity contribution in [1.29, 1.82) is 0 Å². The number of hydrogen-bond donors (Lipinski definition) is 1. The smallest absolute Gasteiger partial charge is 0.248 e. The van der Waals surface area contributed by atoms with Gasteiger partial charge in [-0.05, 0) is 76.9 Å². The number of anilines is 1. The zero-order valence-electron chi connectivity index (χ0n) is 24.1. The molecule has 4 aromatic rings. The summed E-state index contributed by atoms with van der Waals surface area (Å²) in [4.78, 5) is 55.1. The first-order chi connectivity index (χ1) is 20.6. The third kappa shape index (κ3) is 4.82. The largest absolute Gasteiger partial charge is 0.376 e. The Bertz CT molecular complexity index is 1820. The summed E-state index contributed by atoms with van der Waals surface area (Å²) < 4.78 is 8.11. The molecule has 2 amide bonds. The number of halogens is 1. The molecule has 0 unspecified atom stereocenters. The van der Waals surface area contributed by atoms with Gasteiger partial charge in [0.1, 0.15) is 34.5 Å². The SMILES string of the molecule is CC(=O)c1nn(CC(=O)N2[C@H](C(=O)Nc3cccc(Br)n3)C[C@@]3(C)C[C@@H]23)c2c3c(c(-c4cnc(C)nc4)cc12)CCOC3. The number of nitrogens with one attached hydrogen (secondary N) is 1. The van der Waals surface area contributed by atoms with E-state index in [0.717, 1.165) is 28.7 Å². The normalized spacial score (nSPS) is 22.3. The van der Waals surface area contributed by atoms with Crippen LogP contribution in [-0.4, -0.2) is 65.9 Å². The van der Waals surface area contributed by atoms with E-state index in [2.05, 4.69) is 48.2 Å². The van der Waals surface area contributed by atoms with E-state index in [9.17, 15) is 14.4 Å². The lowest BCUT2D eigenvalue weighted by Crippen LogP contribution is -2.46. The van der Waals surface area contributed by atoms with E-state index in [0.29, 0.717) is 53.2 Å². The minimum Gasteiger partial charge on any atom is -0.376 e. The lowest BCUT2D eigenvalue weighted by molar-refractivity contribution is -0.138. The Morgan fingerprint density at radius 1 is 1.16 bits per heavy atom. The summed E-state index contributed by atoms with van der Waals surface area (Å²) in [7, 11) is 0. The molecule has 3 atom stereocenters. The van der Waals surface area contributed by atoms with Gasteiger partial charge in [0.05, 0.1) is 18.7 Å². The number of pyridine rings is 1. The number of piperidine rings is 1. The van der Waals surface area contributed by atoms with E-state index < -0.39 is 6.04 Å². The Balaban J connectivity index is 1.26. The first-order valence-corrected chi connectivity index (χ1v) is 15.1. The second-order valence-corrected chi connectivity index (χ2v) is 12.7. The number of fused-ring (bicyclic) bond motifs is 4. The van der Waals surface area contributed by atoms with Crippen molar-refractivity contribution in [2.45, 2.75) is 65.3 Å². The molecule has 0 radical (unpaired) electrons. The minimum atomic E-state index is -0.628. The molecule has 3 aliphatic rings. The molecular formula is C31H30BrN7O4. The molecule has 5 heterocycles. The van der Waals surface area contributed by atoms with E-state index in [1.807, 2.05) is 13.0 Å². The zero-order valence-corrected chi connectivity index (χ0v) is 25.6. The lowest BCUT2D eigenvalue weighted by atomic mass is 9.90. The van der Waals surface area contributed by atoms with Gasteiger partial charge in [-0.3, -0.25) is 19.1 Å². The number of nitrogens with zero attached hydrogens (tertiary/aromatic N) is 6. The number of aromatic nitrogens is 5. The fraction of sp³-hybridized carbons (Fsp3) is 0.387. The minimum absolute atomic E-state index is 0.0225. The van der Waals surface area contributed by atoms with Gasteiger partial charge in [0, 0.05) is 41.9 Å². The molecule has 2 fully saturated rings. The lowest BCUT2D eigenvalue weighted by Gasteiger charge is -2.27. The van der Waals surface area contributed by atoms with Gasteiger partial charge in [-0.2, -0.15) is 5.10 Å². The maximum atomic E-state index is 14.1. The van der Waals surface area contributed by atoms with Crippen molar-refractivity contribution < 1.29 is 19.1 Å². The van der Waals surface area contributed by atoms with Crippen LogP contribution in [0.25, 0.3) is 22.0 Å². The van der Waals surface area contributed by atoms with Crippen LogP contribution in [0.2, 0.25) is 0 Å². The van der Waals surface area contributed by atoms with Gasteiger partial charge in [0.15, 0.2) is 5.78 Å². The fourth-order valence-corrected chi connectivity index (χ4v) is 7.02. The molecule has 2 aliphatic heterocycles. The van der Waals surface area contributed by atoms with Crippen molar-refractivity contribution in [3.05, 3.63) is 63.9 Å². The fourth-order valence-electron chi connectivity index (χ4n) is 6.68. The molecule has 1 aliphatic carbocycles. The van der Waals surface area contributed by atoms with Crippen molar-refractivity contribution >= 4 is 50.2 Å². The number of benzene rings is 1. The summed E-state index contributed by atoms with van der Waals surface area (Å²) in [6, 6.07) is 6.60. The topological polar surface area (TPSA) is 132 Å². The first kappa shape index (κ1) is 27.8. The molecule has 7 rings (SSSR count). The van der Waals surface area contributed by atoms with Gasteiger partial charge >= 0.3 is 0 Å². The van der Waals surface area contributed by atoms with Crippen LogP contribution in [0.15, 0.2) is 41.3 Å². The van der Waals surface area contributed by atoms with E-state index in [1.54, 1.807) is 40.2 Å². The molecule has 1 saturated heterocycles. The van der Waals surface area contributed by atoms with E-state index in [-0.39, 0.29) is 41.3 Å². The molecule has 0 spiro atoms. The van der Waals surface area contributed by atoms with Crippen LogP contribution in [0.3, 0.4) is 0 Å². The van der Waals surface area contributed by atoms with Gasteiger partial charge < -0.3 is 15.0 Å². The highest BCUT2D eigenvalue weighted by Crippen LogP contribution is 2.59. The summed E-state index contributed by atoms with van der Waals surface area (Å²) >= 11 is 3.34. The molecule has 1 N–H and O–H groups in total. The highest BCUT2D eigenvalue weighted by atomic mass is 79.9. The second kappa shape index (κ2) is 10.3. The number of rotatable bonds is 6. The van der Waals surface area contributed by atoms with Gasteiger partial charge in [-0.25, -0.2) is 15.0 Å². The molecule has 3 aromatic heterocycles. The van der Waals surface area contributed by atoms with Crippen LogP contribution >= 0.6 is 15.9 Å². The summed E-state index contributed by atoms with van der Waals surface area (Å²) in [5, 5.41) is 8.22. The number of carbonyl (C=O) groups excluding carboxylic acids is 3. The third-order valence-corrected chi connectivity index (χ3v) is 9.34. The Kier molecular flexibility index (Phi) is 6.66. The molecule has 1 saturated carbocycles. The Hall–Kier alpha value is -4.03. The molecule has 43 heavy (non-hydrogen) atoms. The Morgan fingerprint density at radius 2 is 1.95 bits per heavy atom. The van der Waals surface area contributed by atoms with Crippen LogP contribution in [0.5, 0.6) is 0 Å². The van der Waals surface area contributed by atoms with Gasteiger partial charge in [-0.1, -0.05) is 13.0 Å². The number of aryl methyl sites for hydroxylation is 1.